The first-order valence-electron chi connectivity index (χ1n) is 6.91. The molecule has 24 heavy (non-hydrogen) atoms. The Morgan fingerprint density at radius 3 is 2.17 bits per heavy atom. The Hall–Kier alpha value is -2.19. The number of hydrogen-bond acceptors (Lipinski definition) is 4. The summed E-state index contributed by atoms with van der Waals surface area (Å²) in [7, 11) is 0.195. The molecule has 0 N–H and O–H groups in total. The van der Waals surface area contributed by atoms with E-state index in [-0.39, 0.29) is 6.54 Å². The fourth-order valence-electron chi connectivity index (χ4n) is 2.19. The highest BCUT2D eigenvalue weighted by Gasteiger charge is 2.23. The van der Waals surface area contributed by atoms with Crippen LogP contribution in [0.1, 0.15) is 5.56 Å². The van der Waals surface area contributed by atoms with Crippen molar-refractivity contribution in [3.63, 3.8) is 0 Å². The van der Waals surface area contributed by atoms with Crippen molar-refractivity contribution in [2.75, 3.05) is 21.3 Å². The molecule has 0 saturated heterocycles. The van der Waals surface area contributed by atoms with Gasteiger partial charge in [-0.25, -0.2) is 17.2 Å². The highest BCUT2D eigenvalue weighted by molar-refractivity contribution is 7.89. The molecule has 0 fully saturated rings. The largest absolute Gasteiger partial charge is 0.497 e. The second-order valence-corrected chi connectivity index (χ2v) is 7.09. The van der Waals surface area contributed by atoms with Crippen LogP contribution in [-0.4, -0.2) is 34.0 Å². The van der Waals surface area contributed by atoms with Gasteiger partial charge in [-0.3, -0.25) is 0 Å². The average Bonchev–Trinajstić information content (AvgIpc) is 2.53. The average molecular weight is 357 g/mol. The molecule has 0 spiro atoms. The summed E-state index contributed by atoms with van der Waals surface area (Å²) in [4.78, 5) is -0.454. The van der Waals surface area contributed by atoms with Crippen LogP contribution in [0.25, 0.3) is 0 Å². The molecule has 0 aliphatic carbocycles. The van der Waals surface area contributed by atoms with Crippen LogP contribution in [0, 0.1) is 11.6 Å². The zero-order chi connectivity index (χ0) is 17.9. The molecule has 0 saturated carbocycles. The predicted octanol–water partition coefficient (Wildman–Crippen LogP) is 2.80. The van der Waals surface area contributed by atoms with Crippen molar-refractivity contribution in [2.45, 2.75) is 11.4 Å². The van der Waals surface area contributed by atoms with Gasteiger partial charge >= 0.3 is 0 Å². The van der Waals surface area contributed by atoms with E-state index in [2.05, 4.69) is 0 Å². The molecule has 2 aromatic carbocycles. The van der Waals surface area contributed by atoms with E-state index in [1.165, 1.54) is 21.3 Å². The Kier molecular flexibility index (Phi) is 5.40. The lowest BCUT2D eigenvalue weighted by atomic mass is 10.2. The third kappa shape index (κ3) is 3.82. The number of ether oxygens (including phenoxy) is 2. The van der Waals surface area contributed by atoms with E-state index < -0.39 is 26.6 Å². The van der Waals surface area contributed by atoms with Crippen molar-refractivity contribution in [3.8, 4) is 11.5 Å². The molecule has 0 bridgehead atoms. The van der Waals surface area contributed by atoms with Gasteiger partial charge in [0.1, 0.15) is 23.1 Å². The Bertz CT molecular complexity index is 820. The van der Waals surface area contributed by atoms with E-state index in [1.54, 1.807) is 18.2 Å². The maximum atomic E-state index is 13.3. The van der Waals surface area contributed by atoms with Crippen molar-refractivity contribution < 1.29 is 26.7 Å². The molecular formula is C16H17F2NO4S. The van der Waals surface area contributed by atoms with Crippen molar-refractivity contribution in [3.05, 3.63) is 53.6 Å². The van der Waals surface area contributed by atoms with Crippen LogP contribution in [0.15, 0.2) is 41.3 Å². The van der Waals surface area contributed by atoms with Gasteiger partial charge in [0.2, 0.25) is 10.0 Å². The summed E-state index contributed by atoms with van der Waals surface area (Å²) >= 11 is 0. The van der Waals surface area contributed by atoms with Gasteiger partial charge in [-0.15, -0.1) is 0 Å². The summed E-state index contributed by atoms with van der Waals surface area (Å²) in [6.07, 6.45) is 0. The molecule has 2 rings (SSSR count). The highest BCUT2D eigenvalue weighted by Crippen LogP contribution is 2.27. The van der Waals surface area contributed by atoms with Crippen LogP contribution < -0.4 is 9.47 Å². The third-order valence-corrected chi connectivity index (χ3v) is 5.21. The van der Waals surface area contributed by atoms with Gasteiger partial charge in [-0.2, -0.15) is 4.31 Å². The Morgan fingerprint density at radius 1 is 1.00 bits per heavy atom. The first-order valence-corrected chi connectivity index (χ1v) is 8.35. The van der Waals surface area contributed by atoms with E-state index in [0.717, 1.165) is 16.4 Å². The van der Waals surface area contributed by atoms with E-state index in [0.29, 0.717) is 23.1 Å². The number of nitrogens with zero attached hydrogens (tertiary/aromatic N) is 1. The van der Waals surface area contributed by atoms with Crippen molar-refractivity contribution in [1.82, 2.24) is 4.31 Å². The normalized spacial score (nSPS) is 11.6. The maximum Gasteiger partial charge on any atom is 0.243 e. The molecule has 2 aromatic rings. The molecule has 0 atom stereocenters. The van der Waals surface area contributed by atoms with Crippen LogP contribution in [0.4, 0.5) is 8.78 Å². The molecule has 0 aliphatic heterocycles. The Morgan fingerprint density at radius 2 is 1.62 bits per heavy atom. The highest BCUT2D eigenvalue weighted by atomic mass is 32.2. The zero-order valence-electron chi connectivity index (χ0n) is 13.4. The fraction of sp³-hybridized carbons (Fsp3) is 0.250. The maximum absolute atomic E-state index is 13.3. The van der Waals surface area contributed by atoms with E-state index >= 15 is 0 Å². The lowest BCUT2D eigenvalue weighted by molar-refractivity contribution is 0.389. The first kappa shape index (κ1) is 18.2. The fourth-order valence-corrected chi connectivity index (χ4v) is 3.38. The summed E-state index contributed by atoms with van der Waals surface area (Å²) in [6.45, 7) is -0.0547. The van der Waals surface area contributed by atoms with Gasteiger partial charge in [0.05, 0.1) is 19.1 Å². The smallest absolute Gasteiger partial charge is 0.243 e. The lowest BCUT2D eigenvalue weighted by Gasteiger charge is -2.19. The molecule has 0 aliphatic rings. The van der Waals surface area contributed by atoms with Gasteiger partial charge in [0.25, 0.3) is 0 Å². The van der Waals surface area contributed by atoms with Gasteiger partial charge < -0.3 is 9.47 Å². The first-order chi connectivity index (χ1) is 11.3. The summed E-state index contributed by atoms with van der Waals surface area (Å²) in [5.41, 5.74) is 0.555. The molecular weight excluding hydrogens is 340 g/mol. The van der Waals surface area contributed by atoms with Crippen LogP contribution >= 0.6 is 0 Å². The monoisotopic (exact) mass is 357 g/mol. The lowest BCUT2D eigenvalue weighted by Crippen LogP contribution is -2.27. The predicted molar refractivity (Wildman–Crippen MR) is 84.6 cm³/mol. The van der Waals surface area contributed by atoms with E-state index in [4.69, 9.17) is 9.47 Å². The van der Waals surface area contributed by atoms with Crippen molar-refractivity contribution in [2.24, 2.45) is 0 Å². The molecule has 8 heteroatoms. The number of hydrogen-bond donors (Lipinski definition) is 0. The minimum Gasteiger partial charge on any atom is -0.497 e. The summed E-state index contributed by atoms with van der Waals surface area (Å²) in [6, 6.07) is 7.13. The number of benzene rings is 2. The standard InChI is InChI=1S/C16H17F2NO4S/c1-19(10-11-6-14(22-2)4-5-16(11)23-3)24(20,21)15-8-12(17)7-13(18)9-15/h4-9H,10H2,1-3H3. The van der Waals surface area contributed by atoms with E-state index in [1.807, 2.05) is 0 Å². The van der Waals surface area contributed by atoms with Crippen molar-refractivity contribution in [1.29, 1.82) is 0 Å². The molecule has 0 aromatic heterocycles. The van der Waals surface area contributed by atoms with Gasteiger partial charge in [0.15, 0.2) is 0 Å². The third-order valence-electron chi connectivity index (χ3n) is 3.42. The second kappa shape index (κ2) is 7.14. The molecule has 130 valence electrons. The minimum atomic E-state index is -4.07. The van der Waals surface area contributed by atoms with E-state index in [9.17, 15) is 17.2 Å². The van der Waals surface area contributed by atoms with Crippen LogP contribution in [0.2, 0.25) is 0 Å². The van der Waals surface area contributed by atoms with Gasteiger partial charge in [-0.1, -0.05) is 0 Å². The molecule has 5 nitrogen and oxygen atoms in total. The second-order valence-electron chi connectivity index (χ2n) is 5.04. The summed E-state index contributed by atoms with van der Waals surface area (Å²) in [5, 5.41) is 0. The number of rotatable bonds is 6. The SMILES string of the molecule is COc1ccc(OC)c(CN(C)S(=O)(=O)c2cc(F)cc(F)c2)c1. The Balaban J connectivity index is 2.36. The van der Waals surface area contributed by atoms with Gasteiger partial charge in [-0.05, 0) is 30.3 Å². The van der Waals surface area contributed by atoms with Crippen molar-refractivity contribution >= 4 is 10.0 Å². The zero-order valence-corrected chi connectivity index (χ0v) is 14.2. The molecule has 0 radical (unpaired) electrons. The topological polar surface area (TPSA) is 55.8 Å². The van der Waals surface area contributed by atoms with Crippen LogP contribution in [-0.2, 0) is 16.6 Å². The summed E-state index contributed by atoms with van der Waals surface area (Å²) < 4.78 is 62.9. The van der Waals surface area contributed by atoms with Crippen LogP contribution in [0.3, 0.4) is 0 Å². The quantitative estimate of drug-likeness (QED) is 0.798. The number of methoxy groups -OCH3 is 2. The molecule has 0 heterocycles. The number of halogens is 2. The molecule has 0 unspecified atom stereocenters. The summed E-state index contributed by atoms with van der Waals surface area (Å²) in [5.74, 6) is -0.904. The van der Waals surface area contributed by atoms with Gasteiger partial charge in [0, 0.05) is 25.2 Å². The molecule has 0 amide bonds. The number of sulfonamides is 1. The minimum absolute atomic E-state index is 0.0547. The van der Waals surface area contributed by atoms with Crippen LogP contribution in [0.5, 0.6) is 11.5 Å². The Labute approximate surface area is 139 Å².